The number of carbonyl (C=O) groups is 1. The Labute approximate surface area is 120 Å². The number of hydrogen-bond donors (Lipinski definition) is 3. The Morgan fingerprint density at radius 1 is 1.25 bits per heavy atom. The summed E-state index contributed by atoms with van der Waals surface area (Å²) in [5.41, 5.74) is -0.0324. The highest BCUT2D eigenvalue weighted by atomic mass is 16.3. The lowest BCUT2D eigenvalue weighted by molar-refractivity contribution is -0.126. The highest BCUT2D eigenvalue weighted by Crippen LogP contribution is 2.27. The third kappa shape index (κ3) is 4.05. The average Bonchev–Trinajstić information content (AvgIpc) is 2.48. The fraction of sp³-hybridized carbons (Fsp3) is 0.562. The zero-order valence-electron chi connectivity index (χ0n) is 12.5. The summed E-state index contributed by atoms with van der Waals surface area (Å²) in [4.78, 5) is 12.5. The van der Waals surface area contributed by atoms with E-state index in [1.807, 2.05) is 44.2 Å². The van der Waals surface area contributed by atoms with Crippen LogP contribution < -0.4 is 5.32 Å². The molecular weight excluding hydrogens is 254 g/mol. The molecule has 20 heavy (non-hydrogen) atoms. The SMILES string of the molecule is CCC(C)C(C(=O)NC(C)(CO)CO)c1ccccc1. The molecule has 4 nitrogen and oxygen atoms in total. The summed E-state index contributed by atoms with van der Waals surface area (Å²) in [5.74, 6) is -0.256. The van der Waals surface area contributed by atoms with E-state index in [4.69, 9.17) is 0 Å². The highest BCUT2D eigenvalue weighted by molar-refractivity contribution is 5.84. The summed E-state index contributed by atoms with van der Waals surface area (Å²) in [6, 6.07) is 9.61. The van der Waals surface area contributed by atoms with Crippen LogP contribution in [0.15, 0.2) is 30.3 Å². The first-order valence-electron chi connectivity index (χ1n) is 7.06. The van der Waals surface area contributed by atoms with E-state index in [2.05, 4.69) is 5.32 Å². The Bertz CT molecular complexity index is 415. The number of amides is 1. The fourth-order valence-corrected chi connectivity index (χ4v) is 2.14. The van der Waals surface area contributed by atoms with Crippen LogP contribution in [0.2, 0.25) is 0 Å². The van der Waals surface area contributed by atoms with Gasteiger partial charge in [-0.25, -0.2) is 0 Å². The number of nitrogens with one attached hydrogen (secondary N) is 1. The fourth-order valence-electron chi connectivity index (χ4n) is 2.14. The predicted molar refractivity (Wildman–Crippen MR) is 79.4 cm³/mol. The van der Waals surface area contributed by atoms with Crippen molar-refractivity contribution in [2.75, 3.05) is 13.2 Å². The molecule has 0 spiro atoms. The van der Waals surface area contributed by atoms with Crippen LogP contribution >= 0.6 is 0 Å². The molecule has 2 unspecified atom stereocenters. The minimum absolute atomic E-state index is 0.156. The van der Waals surface area contributed by atoms with Gasteiger partial charge in [-0.2, -0.15) is 0 Å². The van der Waals surface area contributed by atoms with Crippen LogP contribution in [-0.4, -0.2) is 34.9 Å². The van der Waals surface area contributed by atoms with Crippen molar-refractivity contribution in [3.63, 3.8) is 0 Å². The van der Waals surface area contributed by atoms with Gasteiger partial charge in [-0.15, -0.1) is 0 Å². The average molecular weight is 279 g/mol. The van der Waals surface area contributed by atoms with E-state index in [0.717, 1.165) is 12.0 Å². The first-order chi connectivity index (χ1) is 9.47. The van der Waals surface area contributed by atoms with E-state index in [-0.39, 0.29) is 31.0 Å². The summed E-state index contributed by atoms with van der Waals surface area (Å²) in [7, 11) is 0. The van der Waals surface area contributed by atoms with Gasteiger partial charge >= 0.3 is 0 Å². The lowest BCUT2D eigenvalue weighted by atomic mass is 9.84. The minimum Gasteiger partial charge on any atom is -0.394 e. The molecule has 1 aromatic rings. The van der Waals surface area contributed by atoms with Gasteiger partial charge in [0.25, 0.3) is 0 Å². The van der Waals surface area contributed by atoms with Crippen molar-refractivity contribution >= 4 is 5.91 Å². The van der Waals surface area contributed by atoms with Gasteiger partial charge in [-0.3, -0.25) is 4.79 Å². The number of rotatable bonds is 7. The van der Waals surface area contributed by atoms with Crippen molar-refractivity contribution in [2.24, 2.45) is 5.92 Å². The second-order valence-electron chi connectivity index (χ2n) is 5.64. The Balaban J connectivity index is 2.98. The molecule has 0 radical (unpaired) electrons. The van der Waals surface area contributed by atoms with Crippen LogP contribution in [0, 0.1) is 5.92 Å². The first-order valence-corrected chi connectivity index (χ1v) is 7.06. The number of carbonyl (C=O) groups excluding carboxylic acids is 1. The number of benzene rings is 1. The molecule has 2 atom stereocenters. The topological polar surface area (TPSA) is 69.6 Å². The molecule has 0 aliphatic rings. The van der Waals surface area contributed by atoms with Gasteiger partial charge in [0.15, 0.2) is 0 Å². The Morgan fingerprint density at radius 2 is 1.80 bits per heavy atom. The van der Waals surface area contributed by atoms with Crippen molar-refractivity contribution < 1.29 is 15.0 Å². The molecule has 0 heterocycles. The molecule has 1 amide bonds. The molecule has 0 aliphatic carbocycles. The third-order valence-electron chi connectivity index (χ3n) is 3.78. The van der Waals surface area contributed by atoms with Gasteiger partial charge in [0.2, 0.25) is 5.91 Å². The number of aliphatic hydroxyl groups is 2. The van der Waals surface area contributed by atoms with E-state index in [0.29, 0.717) is 0 Å². The van der Waals surface area contributed by atoms with Crippen molar-refractivity contribution in [1.29, 1.82) is 0 Å². The zero-order chi connectivity index (χ0) is 15.2. The molecule has 3 N–H and O–H groups in total. The lowest BCUT2D eigenvalue weighted by Crippen LogP contribution is -2.53. The van der Waals surface area contributed by atoms with Gasteiger partial charge < -0.3 is 15.5 Å². The molecule has 0 bridgehead atoms. The maximum absolute atomic E-state index is 12.5. The molecule has 0 saturated heterocycles. The second kappa shape index (κ2) is 7.41. The predicted octanol–water partition coefficient (Wildman–Crippen LogP) is 1.68. The van der Waals surface area contributed by atoms with E-state index >= 15 is 0 Å². The van der Waals surface area contributed by atoms with Crippen molar-refractivity contribution in [3.8, 4) is 0 Å². The van der Waals surface area contributed by atoms with E-state index < -0.39 is 5.54 Å². The number of aliphatic hydroxyl groups excluding tert-OH is 2. The van der Waals surface area contributed by atoms with E-state index in [1.165, 1.54) is 0 Å². The molecule has 0 aliphatic heterocycles. The van der Waals surface area contributed by atoms with Crippen LogP contribution in [0.4, 0.5) is 0 Å². The Kier molecular flexibility index (Phi) is 6.17. The quantitative estimate of drug-likeness (QED) is 0.711. The van der Waals surface area contributed by atoms with E-state index in [1.54, 1.807) is 6.92 Å². The van der Waals surface area contributed by atoms with Crippen LogP contribution in [0.5, 0.6) is 0 Å². The van der Waals surface area contributed by atoms with Crippen LogP contribution in [-0.2, 0) is 4.79 Å². The summed E-state index contributed by atoms with van der Waals surface area (Å²) in [6.07, 6.45) is 0.877. The lowest BCUT2D eigenvalue weighted by Gasteiger charge is -2.31. The maximum atomic E-state index is 12.5. The van der Waals surface area contributed by atoms with Crippen molar-refractivity contribution in [2.45, 2.75) is 38.6 Å². The van der Waals surface area contributed by atoms with Gasteiger partial charge in [-0.05, 0) is 18.4 Å². The van der Waals surface area contributed by atoms with Crippen molar-refractivity contribution in [3.05, 3.63) is 35.9 Å². The van der Waals surface area contributed by atoms with Crippen LogP contribution in [0.3, 0.4) is 0 Å². The van der Waals surface area contributed by atoms with Crippen LogP contribution in [0.25, 0.3) is 0 Å². The van der Waals surface area contributed by atoms with Gasteiger partial charge in [0.05, 0.1) is 24.7 Å². The zero-order valence-corrected chi connectivity index (χ0v) is 12.5. The van der Waals surface area contributed by atoms with Crippen LogP contribution in [0.1, 0.15) is 38.7 Å². The highest BCUT2D eigenvalue weighted by Gasteiger charge is 2.31. The van der Waals surface area contributed by atoms with E-state index in [9.17, 15) is 15.0 Å². The smallest absolute Gasteiger partial charge is 0.228 e. The monoisotopic (exact) mass is 279 g/mol. The molecule has 4 heteroatoms. The largest absolute Gasteiger partial charge is 0.394 e. The molecule has 1 aromatic carbocycles. The minimum atomic E-state index is -0.989. The maximum Gasteiger partial charge on any atom is 0.228 e. The molecular formula is C16H25NO3. The van der Waals surface area contributed by atoms with Gasteiger partial charge in [0, 0.05) is 0 Å². The molecule has 0 saturated carbocycles. The van der Waals surface area contributed by atoms with Crippen molar-refractivity contribution in [1.82, 2.24) is 5.32 Å². The standard InChI is InChI=1S/C16H25NO3/c1-4-12(2)14(13-8-6-5-7-9-13)15(20)17-16(3,10-18)11-19/h5-9,12,14,18-19H,4,10-11H2,1-3H3,(H,17,20). The summed E-state index contributed by atoms with van der Waals surface area (Å²) in [6.45, 7) is 5.12. The molecule has 0 aromatic heterocycles. The van der Waals surface area contributed by atoms with Gasteiger partial charge in [-0.1, -0.05) is 50.6 Å². The number of hydrogen-bond acceptors (Lipinski definition) is 3. The molecule has 112 valence electrons. The Hall–Kier alpha value is -1.39. The second-order valence-corrected chi connectivity index (χ2v) is 5.64. The normalized spacial score (nSPS) is 14.7. The Morgan fingerprint density at radius 3 is 2.25 bits per heavy atom. The third-order valence-corrected chi connectivity index (χ3v) is 3.78. The van der Waals surface area contributed by atoms with Gasteiger partial charge in [0.1, 0.15) is 0 Å². The molecule has 0 fully saturated rings. The molecule has 1 rings (SSSR count). The summed E-state index contributed by atoms with van der Waals surface area (Å²) >= 11 is 0. The first kappa shape index (κ1) is 16.7. The summed E-state index contributed by atoms with van der Waals surface area (Å²) in [5, 5.41) is 21.4. The summed E-state index contributed by atoms with van der Waals surface area (Å²) < 4.78 is 0.